The highest BCUT2D eigenvalue weighted by molar-refractivity contribution is 5.95. The van der Waals surface area contributed by atoms with Crippen molar-refractivity contribution < 1.29 is 22.7 Å². The fourth-order valence-corrected chi connectivity index (χ4v) is 5.58. The van der Waals surface area contributed by atoms with Crippen LogP contribution in [-0.4, -0.2) is 50.7 Å². The molecular formula is C27H30F3N3O2. The standard InChI is InChI=1S/C27H30F3N3O2/c1-18-4-5-19(2)23(12-18)25(34)32-10-8-26(9-11-32)17-33(15-21(26)16-35-3)22-7-6-20(14-31)24(13-22)27(28,29)30/h4-7,12-13,21H,8-11,15-17H2,1-3H3. The predicted molar refractivity (Wildman–Crippen MR) is 127 cm³/mol. The van der Waals surface area contributed by atoms with Crippen LogP contribution in [0.1, 0.15) is 45.5 Å². The lowest BCUT2D eigenvalue weighted by Crippen LogP contribution is -2.47. The van der Waals surface area contributed by atoms with Gasteiger partial charge in [-0.1, -0.05) is 17.7 Å². The van der Waals surface area contributed by atoms with Crippen LogP contribution in [0.25, 0.3) is 0 Å². The van der Waals surface area contributed by atoms with Crippen LogP contribution in [0.2, 0.25) is 0 Å². The SMILES string of the molecule is COCC1CN(c2ccc(C#N)c(C(F)(F)F)c2)CC12CCN(C(=O)c1cc(C)ccc1C)CC2. The van der Waals surface area contributed by atoms with E-state index in [4.69, 9.17) is 10.00 Å². The number of halogens is 3. The second kappa shape index (κ2) is 9.54. The topological polar surface area (TPSA) is 56.6 Å². The molecule has 35 heavy (non-hydrogen) atoms. The third-order valence-electron chi connectivity index (χ3n) is 7.64. The zero-order valence-corrected chi connectivity index (χ0v) is 20.3. The van der Waals surface area contributed by atoms with Crippen LogP contribution in [0, 0.1) is 36.5 Å². The summed E-state index contributed by atoms with van der Waals surface area (Å²) < 4.78 is 46.1. The lowest BCUT2D eigenvalue weighted by molar-refractivity contribution is -0.137. The van der Waals surface area contributed by atoms with Gasteiger partial charge in [0, 0.05) is 50.5 Å². The Morgan fingerprint density at radius 2 is 1.89 bits per heavy atom. The minimum Gasteiger partial charge on any atom is -0.384 e. The lowest BCUT2D eigenvalue weighted by atomic mass is 9.71. The van der Waals surface area contributed by atoms with Crippen LogP contribution < -0.4 is 4.90 Å². The number of nitrogens with zero attached hydrogens (tertiary/aromatic N) is 3. The number of likely N-dealkylation sites (tertiary alicyclic amines) is 1. The normalized spacial score (nSPS) is 19.7. The Bertz CT molecular complexity index is 1150. The highest BCUT2D eigenvalue weighted by atomic mass is 19.4. The Kier molecular flexibility index (Phi) is 6.83. The third-order valence-corrected chi connectivity index (χ3v) is 7.64. The molecule has 2 aliphatic heterocycles. The number of aryl methyl sites for hydroxylation is 2. The van der Waals surface area contributed by atoms with Crippen molar-refractivity contribution in [2.75, 3.05) is 44.8 Å². The summed E-state index contributed by atoms with van der Waals surface area (Å²) in [5.74, 6) is 0.163. The Hall–Kier alpha value is -3.05. The van der Waals surface area contributed by atoms with Crippen LogP contribution in [-0.2, 0) is 10.9 Å². The van der Waals surface area contributed by atoms with Crippen molar-refractivity contribution in [3.05, 3.63) is 64.2 Å². The summed E-state index contributed by atoms with van der Waals surface area (Å²) in [6.07, 6.45) is -3.07. The van der Waals surface area contributed by atoms with Crippen molar-refractivity contribution in [3.8, 4) is 6.07 Å². The Morgan fingerprint density at radius 1 is 1.17 bits per heavy atom. The molecule has 4 rings (SSSR count). The van der Waals surface area contributed by atoms with Crippen molar-refractivity contribution in [2.45, 2.75) is 32.9 Å². The number of ether oxygens (including phenoxy) is 1. The zero-order valence-electron chi connectivity index (χ0n) is 20.3. The van der Waals surface area contributed by atoms with E-state index in [1.165, 1.54) is 6.07 Å². The van der Waals surface area contributed by atoms with Gasteiger partial charge >= 0.3 is 6.18 Å². The van der Waals surface area contributed by atoms with E-state index in [-0.39, 0.29) is 22.8 Å². The first-order valence-corrected chi connectivity index (χ1v) is 11.8. The lowest BCUT2D eigenvalue weighted by Gasteiger charge is -2.42. The number of carbonyl (C=O) groups is 1. The molecule has 2 fully saturated rings. The summed E-state index contributed by atoms with van der Waals surface area (Å²) in [4.78, 5) is 17.1. The number of piperidine rings is 1. The van der Waals surface area contributed by atoms with Crippen LogP contribution in [0.5, 0.6) is 0 Å². The summed E-state index contributed by atoms with van der Waals surface area (Å²) in [7, 11) is 1.64. The summed E-state index contributed by atoms with van der Waals surface area (Å²) in [6, 6.07) is 11.5. The third kappa shape index (κ3) is 4.87. The number of anilines is 1. The Balaban J connectivity index is 1.54. The number of amides is 1. The molecule has 1 amide bonds. The Morgan fingerprint density at radius 3 is 2.51 bits per heavy atom. The van der Waals surface area contributed by atoms with Gasteiger partial charge in [-0.2, -0.15) is 18.4 Å². The molecule has 186 valence electrons. The van der Waals surface area contributed by atoms with Gasteiger partial charge in [-0.25, -0.2) is 0 Å². The molecule has 2 aromatic carbocycles. The molecule has 2 aromatic rings. The van der Waals surface area contributed by atoms with Crippen LogP contribution in [0.15, 0.2) is 36.4 Å². The summed E-state index contributed by atoms with van der Waals surface area (Å²) >= 11 is 0. The number of hydrogen-bond donors (Lipinski definition) is 0. The van der Waals surface area contributed by atoms with Crippen LogP contribution in [0.3, 0.4) is 0 Å². The van der Waals surface area contributed by atoms with E-state index in [0.717, 1.165) is 35.6 Å². The largest absolute Gasteiger partial charge is 0.417 e. The van der Waals surface area contributed by atoms with Gasteiger partial charge in [0.15, 0.2) is 0 Å². The highest BCUT2D eigenvalue weighted by Crippen LogP contribution is 2.47. The molecule has 0 saturated carbocycles. The number of methoxy groups -OCH3 is 1. The molecule has 0 aliphatic carbocycles. The van der Waals surface area contributed by atoms with E-state index in [2.05, 4.69) is 0 Å². The first-order chi connectivity index (χ1) is 16.6. The van der Waals surface area contributed by atoms with E-state index in [0.29, 0.717) is 38.5 Å². The van der Waals surface area contributed by atoms with Gasteiger partial charge in [0.1, 0.15) is 0 Å². The molecule has 2 heterocycles. The van der Waals surface area contributed by atoms with Crippen molar-refractivity contribution in [2.24, 2.45) is 11.3 Å². The van der Waals surface area contributed by atoms with Crippen LogP contribution in [0.4, 0.5) is 18.9 Å². The molecule has 0 aromatic heterocycles. The number of benzene rings is 2. The molecule has 2 saturated heterocycles. The molecule has 0 N–H and O–H groups in total. The van der Waals surface area contributed by atoms with Gasteiger partial charge in [0.2, 0.25) is 0 Å². The smallest absolute Gasteiger partial charge is 0.384 e. The molecule has 1 spiro atoms. The van der Waals surface area contributed by atoms with Gasteiger partial charge in [-0.3, -0.25) is 4.79 Å². The molecule has 5 nitrogen and oxygen atoms in total. The average Bonchev–Trinajstić information content (AvgIpc) is 3.17. The molecule has 0 bridgehead atoms. The van der Waals surface area contributed by atoms with Crippen molar-refractivity contribution >= 4 is 11.6 Å². The zero-order chi connectivity index (χ0) is 25.4. The average molecular weight is 486 g/mol. The first-order valence-electron chi connectivity index (χ1n) is 11.8. The summed E-state index contributed by atoms with van der Waals surface area (Å²) in [6.45, 7) is 6.77. The number of alkyl halides is 3. The second-order valence-corrected chi connectivity index (χ2v) is 9.85. The van der Waals surface area contributed by atoms with Crippen molar-refractivity contribution in [1.82, 2.24) is 4.90 Å². The van der Waals surface area contributed by atoms with Gasteiger partial charge in [0.05, 0.1) is 23.8 Å². The molecule has 0 radical (unpaired) electrons. The number of carbonyl (C=O) groups excluding carboxylic acids is 1. The maximum absolute atomic E-state index is 13.5. The van der Waals surface area contributed by atoms with Crippen LogP contribution >= 0.6 is 0 Å². The van der Waals surface area contributed by atoms with Gasteiger partial charge in [0.25, 0.3) is 5.91 Å². The predicted octanol–water partition coefficient (Wildman–Crippen LogP) is 5.20. The van der Waals surface area contributed by atoms with E-state index >= 15 is 0 Å². The fourth-order valence-electron chi connectivity index (χ4n) is 5.58. The highest BCUT2D eigenvalue weighted by Gasteiger charge is 2.49. The molecule has 2 aliphatic rings. The summed E-state index contributed by atoms with van der Waals surface area (Å²) in [5, 5.41) is 9.12. The van der Waals surface area contributed by atoms with E-state index in [9.17, 15) is 18.0 Å². The number of rotatable bonds is 4. The second-order valence-electron chi connectivity index (χ2n) is 9.85. The van der Waals surface area contributed by atoms with Gasteiger partial charge in [-0.05, 0) is 61.9 Å². The molecular weight excluding hydrogens is 455 g/mol. The molecule has 8 heteroatoms. The van der Waals surface area contributed by atoms with Gasteiger partial charge < -0.3 is 14.5 Å². The number of nitriles is 1. The first kappa shape index (κ1) is 25.1. The van der Waals surface area contributed by atoms with Crippen molar-refractivity contribution in [3.63, 3.8) is 0 Å². The fraction of sp³-hybridized carbons (Fsp3) is 0.481. The van der Waals surface area contributed by atoms with Gasteiger partial charge in [-0.15, -0.1) is 0 Å². The van der Waals surface area contributed by atoms with E-state index < -0.39 is 11.7 Å². The maximum atomic E-state index is 13.5. The molecule has 1 unspecified atom stereocenters. The molecule has 1 atom stereocenters. The van der Waals surface area contributed by atoms with Crippen molar-refractivity contribution in [1.29, 1.82) is 5.26 Å². The summed E-state index contributed by atoms with van der Waals surface area (Å²) in [5.41, 5.74) is 1.74. The van der Waals surface area contributed by atoms with E-state index in [1.807, 2.05) is 41.8 Å². The minimum absolute atomic E-state index is 0.0288. The monoisotopic (exact) mass is 485 g/mol. The maximum Gasteiger partial charge on any atom is 0.417 e. The van der Waals surface area contributed by atoms with E-state index in [1.54, 1.807) is 19.2 Å². The number of hydrogen-bond acceptors (Lipinski definition) is 4. The quantitative estimate of drug-likeness (QED) is 0.598. The minimum atomic E-state index is -4.59. The Labute approximate surface area is 204 Å².